The highest BCUT2D eigenvalue weighted by atomic mass is 35.5. The van der Waals surface area contributed by atoms with Crippen LogP contribution >= 0.6 is 23.2 Å². The summed E-state index contributed by atoms with van der Waals surface area (Å²) >= 11 is 10.5. The van der Waals surface area contributed by atoms with Crippen molar-refractivity contribution in [1.29, 1.82) is 0 Å². The highest BCUT2D eigenvalue weighted by Crippen LogP contribution is 2.04. The summed E-state index contributed by atoms with van der Waals surface area (Å²) in [6, 6.07) is 0. The Kier molecular flexibility index (Phi) is 5.60. The fourth-order valence-electron chi connectivity index (χ4n) is 0.239. The third-order valence-electron chi connectivity index (χ3n) is 0.572. The van der Waals surface area contributed by atoms with Gasteiger partial charge in [-0.3, -0.25) is 0 Å². The third kappa shape index (κ3) is 5.55. The van der Waals surface area contributed by atoms with Crippen molar-refractivity contribution in [3.63, 3.8) is 0 Å². The largest absolute Gasteiger partial charge is 0.481 e. The van der Waals surface area contributed by atoms with E-state index in [0.717, 1.165) is 5.54 Å². The van der Waals surface area contributed by atoms with Crippen LogP contribution in [0.5, 0.6) is 0 Å². The lowest BCUT2D eigenvalue weighted by molar-refractivity contribution is 0.245. The first kappa shape index (κ1) is 8.68. The summed E-state index contributed by atoms with van der Waals surface area (Å²) in [6.45, 7) is 0.415. The lowest BCUT2D eigenvalue weighted by atomic mass is 10.5. The highest BCUT2D eigenvalue weighted by molar-refractivity contribution is 6.35. The van der Waals surface area contributed by atoms with E-state index in [-0.39, 0.29) is 5.22 Å². The van der Waals surface area contributed by atoms with Crippen LogP contribution in [0.1, 0.15) is 6.42 Å². The fourth-order valence-corrected chi connectivity index (χ4v) is 0.379. The summed E-state index contributed by atoms with van der Waals surface area (Å²) in [5, 5.41) is 0.173. The van der Waals surface area contributed by atoms with Gasteiger partial charge in [-0.05, 0) is 11.6 Å². The van der Waals surface area contributed by atoms with Gasteiger partial charge >= 0.3 is 0 Å². The molecular weight excluding hydrogens is 159 g/mol. The van der Waals surface area contributed by atoms with Gasteiger partial charge in [0.2, 0.25) is 0 Å². The monoisotopic (exact) mass is 164 g/mol. The molecule has 0 aromatic carbocycles. The summed E-state index contributed by atoms with van der Waals surface area (Å²) in [7, 11) is 0. The predicted octanol–water partition coefficient (Wildman–Crippen LogP) is 2.30. The van der Waals surface area contributed by atoms with Gasteiger partial charge in [-0.1, -0.05) is 11.6 Å². The first-order valence-electron chi connectivity index (χ1n) is 2.33. The van der Waals surface area contributed by atoms with Crippen molar-refractivity contribution in [2.24, 2.45) is 0 Å². The van der Waals surface area contributed by atoms with Crippen molar-refractivity contribution < 1.29 is 4.74 Å². The van der Waals surface area contributed by atoms with Crippen LogP contribution in [0.3, 0.4) is 0 Å². The molecule has 0 aliphatic carbocycles. The summed E-state index contributed by atoms with van der Waals surface area (Å²) in [6.07, 6.45) is 5.47. The second-order valence-electron chi connectivity index (χ2n) is 1.22. The molecule has 0 heterocycles. The topological polar surface area (TPSA) is 9.23 Å². The van der Waals surface area contributed by atoms with Gasteiger partial charge in [0.15, 0.2) is 5.22 Å². The molecule has 0 aromatic heterocycles. The van der Waals surface area contributed by atoms with Gasteiger partial charge in [-0.15, -0.1) is 12.3 Å². The van der Waals surface area contributed by atoms with Crippen LogP contribution in [0.4, 0.5) is 0 Å². The van der Waals surface area contributed by atoms with Crippen LogP contribution in [-0.4, -0.2) is 6.61 Å². The molecule has 9 heavy (non-hydrogen) atoms. The maximum atomic E-state index is 5.34. The molecule has 0 aliphatic rings. The summed E-state index contributed by atoms with van der Waals surface area (Å²) in [5.41, 5.74) is 1.15. The van der Waals surface area contributed by atoms with Crippen molar-refractivity contribution in [3.05, 3.63) is 10.8 Å². The van der Waals surface area contributed by atoms with Crippen LogP contribution in [0.15, 0.2) is 10.8 Å². The number of terminal acetylenes is 1. The van der Waals surface area contributed by atoms with E-state index < -0.39 is 0 Å². The van der Waals surface area contributed by atoms with E-state index in [4.69, 9.17) is 34.4 Å². The van der Waals surface area contributed by atoms with Crippen LogP contribution < -0.4 is 0 Å². The molecule has 0 fully saturated rings. The van der Waals surface area contributed by atoms with E-state index in [1.165, 1.54) is 0 Å². The smallest absolute Gasteiger partial charge is 0.198 e. The van der Waals surface area contributed by atoms with E-state index in [1.807, 2.05) is 0 Å². The molecule has 0 bridgehead atoms. The minimum absolute atomic E-state index is 0.173. The summed E-state index contributed by atoms with van der Waals surface area (Å²) in [4.78, 5) is 0. The third-order valence-corrected chi connectivity index (χ3v) is 1.10. The Morgan fingerprint density at radius 3 is 2.89 bits per heavy atom. The molecule has 0 unspecified atom stereocenters. The zero-order chi connectivity index (χ0) is 7.11. The standard InChI is InChI=1S/C6H6Cl2O/c1-2-3-4-9-6(8)5-7/h1,5H,3-4H2. The van der Waals surface area contributed by atoms with Crippen LogP contribution in [0, 0.1) is 12.3 Å². The second-order valence-corrected chi connectivity index (χ2v) is 1.81. The van der Waals surface area contributed by atoms with E-state index in [9.17, 15) is 0 Å². The van der Waals surface area contributed by atoms with Crippen molar-refractivity contribution in [3.8, 4) is 12.3 Å². The molecule has 50 valence electrons. The van der Waals surface area contributed by atoms with E-state index in [0.29, 0.717) is 13.0 Å². The molecule has 0 spiro atoms. The number of hydrogen-bond donors (Lipinski definition) is 0. The van der Waals surface area contributed by atoms with Crippen molar-refractivity contribution in [1.82, 2.24) is 0 Å². The van der Waals surface area contributed by atoms with Crippen molar-refractivity contribution in [2.75, 3.05) is 6.61 Å². The molecule has 0 aromatic rings. The lowest BCUT2D eigenvalue weighted by Gasteiger charge is -1.97. The summed E-state index contributed by atoms with van der Waals surface area (Å²) < 4.78 is 4.78. The Hall–Kier alpha value is -0.320. The minimum Gasteiger partial charge on any atom is -0.481 e. The average molecular weight is 165 g/mol. The minimum atomic E-state index is 0.173. The normalized spacial score (nSPS) is 10.6. The Labute approximate surface area is 64.6 Å². The quantitative estimate of drug-likeness (QED) is 0.354. The number of halogens is 2. The Bertz CT molecular complexity index is 134. The maximum Gasteiger partial charge on any atom is 0.198 e. The highest BCUT2D eigenvalue weighted by Gasteiger charge is 1.87. The van der Waals surface area contributed by atoms with Crippen LogP contribution in [0.25, 0.3) is 0 Å². The molecule has 0 amide bonds. The second kappa shape index (κ2) is 5.81. The Balaban J connectivity index is 3.20. The number of rotatable bonds is 3. The summed E-state index contributed by atoms with van der Waals surface area (Å²) in [5.74, 6) is 2.39. The zero-order valence-electron chi connectivity index (χ0n) is 4.73. The van der Waals surface area contributed by atoms with Gasteiger partial charge in [0.25, 0.3) is 0 Å². The van der Waals surface area contributed by atoms with Crippen molar-refractivity contribution in [2.45, 2.75) is 6.42 Å². The predicted molar refractivity (Wildman–Crippen MR) is 39.2 cm³/mol. The van der Waals surface area contributed by atoms with E-state index in [1.54, 1.807) is 0 Å². The van der Waals surface area contributed by atoms with Gasteiger partial charge in [-0.25, -0.2) is 0 Å². The first-order valence-corrected chi connectivity index (χ1v) is 3.15. The maximum absolute atomic E-state index is 5.34. The Morgan fingerprint density at radius 2 is 2.44 bits per heavy atom. The molecule has 3 heteroatoms. The molecule has 0 N–H and O–H groups in total. The van der Waals surface area contributed by atoms with Gasteiger partial charge in [-0.2, -0.15) is 0 Å². The van der Waals surface area contributed by atoms with Crippen molar-refractivity contribution >= 4 is 23.2 Å². The molecular formula is C6H6Cl2O. The fraction of sp³-hybridized carbons (Fsp3) is 0.333. The van der Waals surface area contributed by atoms with Gasteiger partial charge < -0.3 is 4.74 Å². The molecule has 0 rings (SSSR count). The average Bonchev–Trinajstić information content (AvgIpc) is 1.89. The zero-order valence-corrected chi connectivity index (χ0v) is 6.24. The van der Waals surface area contributed by atoms with Crippen LogP contribution in [0.2, 0.25) is 0 Å². The van der Waals surface area contributed by atoms with Gasteiger partial charge in [0, 0.05) is 6.42 Å². The van der Waals surface area contributed by atoms with Gasteiger partial charge in [0.1, 0.15) is 6.61 Å². The molecule has 0 saturated heterocycles. The molecule has 0 radical (unpaired) electrons. The Morgan fingerprint density at radius 1 is 1.78 bits per heavy atom. The van der Waals surface area contributed by atoms with E-state index >= 15 is 0 Å². The number of ether oxygens (including phenoxy) is 1. The van der Waals surface area contributed by atoms with Gasteiger partial charge in [0.05, 0.1) is 5.54 Å². The molecule has 0 atom stereocenters. The molecule has 0 saturated carbocycles. The number of hydrogen-bond acceptors (Lipinski definition) is 1. The van der Waals surface area contributed by atoms with E-state index in [2.05, 4.69) is 5.92 Å². The SMILES string of the molecule is C#CCCOC(Cl)=CCl. The van der Waals surface area contributed by atoms with Crippen LogP contribution in [-0.2, 0) is 4.74 Å². The molecule has 1 nitrogen and oxygen atoms in total. The molecule has 0 aliphatic heterocycles. The first-order chi connectivity index (χ1) is 4.31. The lowest BCUT2D eigenvalue weighted by Crippen LogP contribution is -1.87.